The Balaban J connectivity index is 1.88. The molecular weight excluding hydrogens is 232 g/mol. The fourth-order valence-corrected chi connectivity index (χ4v) is 3.86. The molecule has 1 aromatic rings. The minimum Gasteiger partial charge on any atom is -0.388 e. The molecule has 0 radical (unpaired) electrons. The maximum atomic E-state index is 11.0. The van der Waals surface area contributed by atoms with E-state index >= 15 is 0 Å². The van der Waals surface area contributed by atoms with Gasteiger partial charge in [0.15, 0.2) is 0 Å². The molecule has 2 fully saturated rings. The zero-order valence-corrected chi connectivity index (χ0v) is 12.1. The van der Waals surface area contributed by atoms with Gasteiger partial charge in [-0.25, -0.2) is 0 Å². The molecule has 2 aliphatic carbocycles. The van der Waals surface area contributed by atoms with Crippen molar-refractivity contribution in [3.8, 4) is 0 Å². The molecule has 0 heterocycles. The number of hydrogen-bond acceptors (Lipinski definition) is 1. The molecule has 0 amide bonds. The van der Waals surface area contributed by atoms with Crippen molar-refractivity contribution < 1.29 is 5.11 Å². The third-order valence-electron chi connectivity index (χ3n) is 5.49. The van der Waals surface area contributed by atoms with Crippen LogP contribution in [0.1, 0.15) is 81.4 Å². The van der Waals surface area contributed by atoms with E-state index in [0.29, 0.717) is 5.92 Å². The minimum absolute atomic E-state index is 0.0953. The number of aliphatic hydroxyl groups excluding tert-OH is 1. The van der Waals surface area contributed by atoms with Gasteiger partial charge in [-0.15, -0.1) is 0 Å². The van der Waals surface area contributed by atoms with Crippen molar-refractivity contribution in [3.63, 3.8) is 0 Å². The molecule has 1 N–H and O–H groups in total. The van der Waals surface area contributed by atoms with E-state index < -0.39 is 0 Å². The molecule has 2 saturated carbocycles. The van der Waals surface area contributed by atoms with Crippen molar-refractivity contribution >= 4 is 0 Å². The summed E-state index contributed by atoms with van der Waals surface area (Å²) in [5, 5.41) is 11.0. The second-order valence-electron chi connectivity index (χ2n) is 6.87. The summed E-state index contributed by atoms with van der Waals surface area (Å²) in [5.74, 6) is 0.707. The normalized spacial score (nSPS) is 24.7. The number of aliphatic hydroxyl groups is 1. The van der Waals surface area contributed by atoms with Crippen LogP contribution in [0.4, 0.5) is 0 Å². The Morgan fingerprint density at radius 1 is 1.05 bits per heavy atom. The zero-order chi connectivity index (χ0) is 13.3. The molecule has 1 atom stereocenters. The highest BCUT2D eigenvalue weighted by molar-refractivity contribution is 5.34. The molecule has 0 spiro atoms. The fourth-order valence-electron chi connectivity index (χ4n) is 3.86. The smallest absolute Gasteiger partial charge is 0.0846 e. The van der Waals surface area contributed by atoms with Crippen molar-refractivity contribution in [2.75, 3.05) is 0 Å². The quantitative estimate of drug-likeness (QED) is 0.812. The lowest BCUT2D eigenvalue weighted by Gasteiger charge is -2.40. The largest absolute Gasteiger partial charge is 0.388 e. The van der Waals surface area contributed by atoms with Gasteiger partial charge in [0.05, 0.1) is 6.10 Å². The van der Waals surface area contributed by atoms with Crippen LogP contribution in [-0.2, 0) is 0 Å². The van der Waals surface area contributed by atoms with Crippen LogP contribution in [0.2, 0.25) is 0 Å². The summed E-state index contributed by atoms with van der Waals surface area (Å²) < 4.78 is 0. The summed E-state index contributed by atoms with van der Waals surface area (Å²) in [7, 11) is 0. The molecular formula is C18H26O. The van der Waals surface area contributed by atoms with Gasteiger partial charge in [-0.05, 0) is 48.1 Å². The van der Waals surface area contributed by atoms with Crippen LogP contribution >= 0.6 is 0 Å². The van der Waals surface area contributed by atoms with Crippen molar-refractivity contribution in [1.29, 1.82) is 0 Å². The highest BCUT2D eigenvalue weighted by Crippen LogP contribution is 2.48. The van der Waals surface area contributed by atoms with Gasteiger partial charge < -0.3 is 5.11 Å². The molecule has 2 aliphatic rings. The molecule has 0 aliphatic heterocycles. The Morgan fingerprint density at radius 3 is 2.37 bits per heavy atom. The first-order valence-corrected chi connectivity index (χ1v) is 7.98. The summed E-state index contributed by atoms with van der Waals surface area (Å²) in [5.41, 5.74) is 2.74. The Kier molecular flexibility index (Phi) is 3.66. The lowest BCUT2D eigenvalue weighted by molar-refractivity contribution is 0.00713. The molecule has 19 heavy (non-hydrogen) atoms. The van der Waals surface area contributed by atoms with Gasteiger partial charge in [0.1, 0.15) is 0 Å². The van der Waals surface area contributed by atoms with Crippen LogP contribution in [0.25, 0.3) is 0 Å². The first-order valence-electron chi connectivity index (χ1n) is 7.98. The fraction of sp³-hybridized carbons (Fsp3) is 0.667. The van der Waals surface area contributed by atoms with E-state index in [9.17, 15) is 5.11 Å². The van der Waals surface area contributed by atoms with E-state index in [1.165, 1.54) is 62.5 Å². The van der Waals surface area contributed by atoms with Gasteiger partial charge in [-0.3, -0.25) is 0 Å². The predicted octanol–water partition coefficient (Wildman–Crippen LogP) is 4.96. The van der Waals surface area contributed by atoms with Gasteiger partial charge in [-0.1, -0.05) is 56.9 Å². The Morgan fingerprint density at radius 2 is 1.74 bits per heavy atom. The standard InChI is InChI=1S/C18H26O/c1-18(12-5-2-6-13-18)17(19)16-11-4-3-10-15(16)14-8-7-9-14/h3-4,10-11,14,17,19H,2,5-9,12-13H2,1H3. The molecule has 0 saturated heterocycles. The van der Waals surface area contributed by atoms with E-state index in [0.717, 1.165) is 0 Å². The Bertz CT molecular complexity index is 427. The van der Waals surface area contributed by atoms with Gasteiger partial charge in [-0.2, -0.15) is 0 Å². The van der Waals surface area contributed by atoms with E-state index in [1.54, 1.807) is 0 Å². The molecule has 104 valence electrons. The topological polar surface area (TPSA) is 20.2 Å². The van der Waals surface area contributed by atoms with Crippen molar-refractivity contribution in [3.05, 3.63) is 35.4 Å². The van der Waals surface area contributed by atoms with Crippen molar-refractivity contribution in [2.24, 2.45) is 5.41 Å². The number of hydrogen-bond donors (Lipinski definition) is 1. The van der Waals surface area contributed by atoms with E-state index in [2.05, 4.69) is 31.2 Å². The second kappa shape index (κ2) is 5.28. The lowest BCUT2D eigenvalue weighted by atomic mass is 9.67. The summed E-state index contributed by atoms with van der Waals surface area (Å²) >= 11 is 0. The first kappa shape index (κ1) is 13.2. The van der Waals surface area contributed by atoms with Gasteiger partial charge >= 0.3 is 0 Å². The monoisotopic (exact) mass is 258 g/mol. The second-order valence-corrected chi connectivity index (χ2v) is 6.87. The van der Waals surface area contributed by atoms with Crippen LogP contribution < -0.4 is 0 Å². The van der Waals surface area contributed by atoms with E-state index in [4.69, 9.17) is 0 Å². The zero-order valence-electron chi connectivity index (χ0n) is 12.1. The van der Waals surface area contributed by atoms with Crippen LogP contribution in [0.5, 0.6) is 0 Å². The SMILES string of the molecule is CC1(C(O)c2ccccc2C2CCC2)CCCCC1. The van der Waals surface area contributed by atoms with Gasteiger partial charge in [0, 0.05) is 0 Å². The molecule has 1 nitrogen and oxygen atoms in total. The third kappa shape index (κ3) is 2.45. The highest BCUT2D eigenvalue weighted by Gasteiger charge is 2.37. The number of benzene rings is 1. The van der Waals surface area contributed by atoms with Crippen molar-refractivity contribution in [2.45, 2.75) is 70.3 Å². The first-order chi connectivity index (χ1) is 9.21. The number of rotatable bonds is 3. The summed E-state index contributed by atoms with van der Waals surface area (Å²) in [4.78, 5) is 0. The molecule has 0 bridgehead atoms. The van der Waals surface area contributed by atoms with E-state index in [-0.39, 0.29) is 11.5 Å². The van der Waals surface area contributed by atoms with Crippen LogP contribution in [0.15, 0.2) is 24.3 Å². The average molecular weight is 258 g/mol. The molecule has 1 aromatic carbocycles. The predicted molar refractivity (Wildman–Crippen MR) is 79.2 cm³/mol. The Hall–Kier alpha value is -0.820. The van der Waals surface area contributed by atoms with Crippen LogP contribution in [0, 0.1) is 5.41 Å². The maximum absolute atomic E-state index is 11.0. The molecule has 3 rings (SSSR count). The van der Waals surface area contributed by atoms with Crippen molar-refractivity contribution in [1.82, 2.24) is 0 Å². The summed E-state index contributed by atoms with van der Waals surface area (Å²) in [6.45, 7) is 2.29. The summed E-state index contributed by atoms with van der Waals surface area (Å²) in [6, 6.07) is 8.63. The van der Waals surface area contributed by atoms with Gasteiger partial charge in [0.25, 0.3) is 0 Å². The minimum atomic E-state index is -0.274. The van der Waals surface area contributed by atoms with Gasteiger partial charge in [0.2, 0.25) is 0 Å². The average Bonchev–Trinajstić information content (AvgIpc) is 2.37. The summed E-state index contributed by atoms with van der Waals surface area (Å²) in [6.07, 6.45) is 9.93. The molecule has 0 aromatic heterocycles. The lowest BCUT2D eigenvalue weighted by Crippen LogP contribution is -2.29. The van der Waals surface area contributed by atoms with E-state index in [1.807, 2.05) is 0 Å². The van der Waals surface area contributed by atoms with Crippen LogP contribution in [0.3, 0.4) is 0 Å². The highest BCUT2D eigenvalue weighted by atomic mass is 16.3. The third-order valence-corrected chi connectivity index (χ3v) is 5.49. The maximum Gasteiger partial charge on any atom is 0.0846 e. The molecule has 1 heteroatoms. The van der Waals surface area contributed by atoms with Crippen LogP contribution in [-0.4, -0.2) is 5.11 Å². The Labute approximate surface area is 117 Å². The molecule has 1 unspecified atom stereocenters.